The van der Waals surface area contributed by atoms with Gasteiger partial charge in [0.25, 0.3) is 11.5 Å². The van der Waals surface area contributed by atoms with E-state index in [-0.39, 0.29) is 17.3 Å². The molecule has 0 radical (unpaired) electrons. The Morgan fingerprint density at radius 1 is 1.11 bits per heavy atom. The van der Waals surface area contributed by atoms with Crippen molar-refractivity contribution >= 4 is 29.3 Å². The van der Waals surface area contributed by atoms with Crippen LogP contribution in [0.4, 0.5) is 24.9 Å². The topological polar surface area (TPSA) is 85.7 Å². The predicted molar refractivity (Wildman–Crippen MR) is 141 cm³/mol. The van der Waals surface area contributed by atoms with E-state index in [1.807, 2.05) is 6.92 Å². The summed E-state index contributed by atoms with van der Waals surface area (Å²) in [5.74, 6) is -2.85. The molecule has 1 amide bonds. The molecular weight excluding hydrogens is 501 g/mol. The second-order valence-corrected chi connectivity index (χ2v) is 9.42. The summed E-state index contributed by atoms with van der Waals surface area (Å²) >= 11 is 0. The Labute approximate surface area is 220 Å². The largest absolute Gasteiger partial charge is 0.455 e. The number of amides is 1. The summed E-state index contributed by atoms with van der Waals surface area (Å²) in [5.41, 5.74) is -4.85. The highest BCUT2D eigenvalue weighted by atomic mass is 19.4. The highest BCUT2D eigenvalue weighted by Crippen LogP contribution is 2.43. The minimum atomic E-state index is -5.16. The van der Waals surface area contributed by atoms with Crippen molar-refractivity contribution in [3.63, 3.8) is 0 Å². The molecule has 0 bridgehead atoms. The van der Waals surface area contributed by atoms with Gasteiger partial charge in [-0.2, -0.15) is 18.2 Å². The molecule has 1 aromatic carbocycles. The number of benzene rings is 1. The maximum atomic E-state index is 14.5. The predicted octanol–water partition coefficient (Wildman–Crippen LogP) is 5.55. The zero-order valence-corrected chi connectivity index (χ0v) is 22.5. The van der Waals surface area contributed by atoms with Crippen molar-refractivity contribution in [2.24, 2.45) is 0 Å². The van der Waals surface area contributed by atoms with Gasteiger partial charge in [-0.25, -0.2) is 4.79 Å². The summed E-state index contributed by atoms with van der Waals surface area (Å²) in [4.78, 5) is 32.6. The highest BCUT2D eigenvalue weighted by Gasteiger charge is 2.63. The number of alkyl halides is 3. The molecule has 0 aliphatic carbocycles. The third-order valence-corrected chi connectivity index (χ3v) is 5.17. The van der Waals surface area contributed by atoms with Crippen LogP contribution in [0.5, 0.6) is 0 Å². The molecule has 1 N–H and O–H groups in total. The van der Waals surface area contributed by atoms with Gasteiger partial charge in [0.15, 0.2) is 11.5 Å². The van der Waals surface area contributed by atoms with E-state index in [0.29, 0.717) is 0 Å². The minimum Gasteiger partial charge on any atom is -0.455 e. The molecule has 1 aromatic heterocycles. The van der Waals surface area contributed by atoms with Gasteiger partial charge < -0.3 is 19.7 Å². The lowest BCUT2D eigenvalue weighted by Crippen LogP contribution is -2.53. The maximum Gasteiger partial charge on any atom is 0.430 e. The Bertz CT molecular complexity index is 1230. The summed E-state index contributed by atoms with van der Waals surface area (Å²) in [6.45, 7) is 10.7. The molecular formula is C27H33F3N4O4. The number of allylic oxidation sites excluding steroid dienone is 5. The van der Waals surface area contributed by atoms with Crippen molar-refractivity contribution in [3.8, 4) is 0 Å². The van der Waals surface area contributed by atoms with Gasteiger partial charge in [0.05, 0.1) is 0 Å². The van der Waals surface area contributed by atoms with E-state index in [4.69, 9.17) is 9.47 Å². The molecule has 0 fully saturated rings. The van der Waals surface area contributed by atoms with Crippen LogP contribution in [0.15, 0.2) is 61.2 Å². The van der Waals surface area contributed by atoms with Crippen molar-refractivity contribution in [2.75, 3.05) is 31.4 Å². The Morgan fingerprint density at radius 2 is 1.71 bits per heavy atom. The summed E-state index contributed by atoms with van der Waals surface area (Å²) in [6, 6.07) is 6.48. The number of imidazole rings is 1. The molecule has 1 atom stereocenters. The van der Waals surface area contributed by atoms with E-state index in [1.54, 1.807) is 59.2 Å². The van der Waals surface area contributed by atoms with Crippen LogP contribution >= 0.6 is 0 Å². The summed E-state index contributed by atoms with van der Waals surface area (Å²) in [7, 11) is 4.02. The van der Waals surface area contributed by atoms with Gasteiger partial charge >= 0.3 is 12.1 Å². The normalized spacial score (nSPS) is 13.9. The smallest absolute Gasteiger partial charge is 0.430 e. The Hall–Kier alpha value is -3.86. The fraction of sp³-hybridized carbons (Fsp3) is 0.370. The SMILES string of the molecule is C=C(/C=C\C=C/C)n1c(N(C)C)nc(NC(=O)C(OC)(c2ccccc2)C(F)(F)F)c1C(=O)OC(C)(C)C. The maximum absolute atomic E-state index is 14.5. The second kappa shape index (κ2) is 11.7. The lowest BCUT2D eigenvalue weighted by Gasteiger charge is -2.33. The Morgan fingerprint density at radius 3 is 2.18 bits per heavy atom. The molecule has 206 valence electrons. The molecule has 0 spiro atoms. The van der Waals surface area contributed by atoms with Gasteiger partial charge in [0, 0.05) is 32.5 Å². The van der Waals surface area contributed by atoms with Crippen molar-refractivity contribution in [3.05, 3.63) is 72.5 Å². The van der Waals surface area contributed by atoms with Gasteiger partial charge in [-0.05, 0) is 33.8 Å². The van der Waals surface area contributed by atoms with Gasteiger partial charge in [-0.3, -0.25) is 9.36 Å². The number of aromatic nitrogens is 2. The average molecular weight is 535 g/mol. The van der Waals surface area contributed by atoms with E-state index in [1.165, 1.54) is 27.7 Å². The number of hydrogen-bond donors (Lipinski definition) is 1. The van der Waals surface area contributed by atoms with Crippen molar-refractivity contribution in [1.29, 1.82) is 0 Å². The molecule has 8 nitrogen and oxygen atoms in total. The number of nitrogens with one attached hydrogen (secondary N) is 1. The molecule has 11 heteroatoms. The van der Waals surface area contributed by atoms with E-state index in [2.05, 4.69) is 16.9 Å². The first-order valence-corrected chi connectivity index (χ1v) is 11.6. The lowest BCUT2D eigenvalue weighted by molar-refractivity contribution is -0.263. The van der Waals surface area contributed by atoms with Crippen LogP contribution in [-0.2, 0) is 19.9 Å². The van der Waals surface area contributed by atoms with Gasteiger partial charge in [-0.1, -0.05) is 55.1 Å². The lowest BCUT2D eigenvalue weighted by atomic mass is 9.91. The third-order valence-electron chi connectivity index (χ3n) is 5.17. The van der Waals surface area contributed by atoms with E-state index >= 15 is 0 Å². The number of esters is 1. The molecule has 38 heavy (non-hydrogen) atoms. The minimum absolute atomic E-state index is 0.117. The molecule has 0 aliphatic heterocycles. The number of methoxy groups -OCH3 is 1. The van der Waals surface area contributed by atoms with Gasteiger partial charge in [0.1, 0.15) is 5.60 Å². The monoisotopic (exact) mass is 534 g/mol. The zero-order chi connectivity index (χ0) is 28.9. The standard InChI is InChI=1S/C27H33F3N4O4/c1-9-10-12-15-18(2)34-20(22(35)38-25(3,4)5)21(32-24(34)33(6)7)31-23(36)26(37-8,27(28,29)30)19-16-13-11-14-17-19/h9-17H,2H2,1,3-8H3,(H,31,36)/b10-9-,15-12-. The van der Waals surface area contributed by atoms with Crippen LogP contribution in [0.1, 0.15) is 43.7 Å². The Balaban J connectivity index is 2.80. The van der Waals surface area contributed by atoms with Crippen LogP contribution < -0.4 is 10.2 Å². The summed E-state index contributed by atoms with van der Waals surface area (Å²) in [6.07, 6.45) is 1.58. The summed E-state index contributed by atoms with van der Waals surface area (Å²) in [5, 5.41) is 2.19. The van der Waals surface area contributed by atoms with Crippen molar-refractivity contribution in [2.45, 2.75) is 45.1 Å². The van der Waals surface area contributed by atoms with Crippen LogP contribution in [0, 0.1) is 0 Å². The number of carbonyl (C=O) groups is 2. The molecule has 2 rings (SSSR count). The van der Waals surface area contributed by atoms with Crippen molar-refractivity contribution < 1.29 is 32.2 Å². The summed E-state index contributed by atoms with van der Waals surface area (Å²) < 4.78 is 55.1. The first-order chi connectivity index (χ1) is 17.6. The van der Waals surface area contributed by atoms with Crippen LogP contribution in [0.25, 0.3) is 5.70 Å². The van der Waals surface area contributed by atoms with Crippen LogP contribution in [0.2, 0.25) is 0 Å². The van der Waals surface area contributed by atoms with Gasteiger partial charge in [-0.15, -0.1) is 0 Å². The number of hydrogen-bond acceptors (Lipinski definition) is 6. The molecule has 2 aromatic rings. The first kappa shape index (κ1) is 30.4. The molecule has 0 saturated heterocycles. The quantitative estimate of drug-likeness (QED) is 0.335. The molecule has 1 heterocycles. The number of nitrogens with zero attached hydrogens (tertiary/aromatic N) is 3. The number of anilines is 2. The third kappa shape index (κ3) is 6.34. The molecule has 1 unspecified atom stereocenters. The number of halogens is 3. The first-order valence-electron chi connectivity index (χ1n) is 11.6. The Kier molecular flexibility index (Phi) is 9.33. The highest BCUT2D eigenvalue weighted by molar-refractivity contribution is 6.04. The molecule has 0 aliphatic rings. The number of rotatable bonds is 9. The van der Waals surface area contributed by atoms with E-state index in [0.717, 1.165) is 19.2 Å². The van der Waals surface area contributed by atoms with E-state index < -0.39 is 40.6 Å². The fourth-order valence-corrected chi connectivity index (χ4v) is 3.55. The van der Waals surface area contributed by atoms with E-state index in [9.17, 15) is 22.8 Å². The number of ether oxygens (including phenoxy) is 2. The number of carbonyl (C=O) groups excluding carboxylic acids is 2. The average Bonchev–Trinajstić information content (AvgIpc) is 3.18. The van der Waals surface area contributed by atoms with Crippen LogP contribution in [-0.4, -0.2) is 54.4 Å². The zero-order valence-electron chi connectivity index (χ0n) is 22.5. The second-order valence-electron chi connectivity index (χ2n) is 9.42. The van der Waals surface area contributed by atoms with Crippen LogP contribution in [0.3, 0.4) is 0 Å². The van der Waals surface area contributed by atoms with Crippen molar-refractivity contribution in [1.82, 2.24) is 9.55 Å². The fourth-order valence-electron chi connectivity index (χ4n) is 3.55. The van der Waals surface area contributed by atoms with Gasteiger partial charge in [0.2, 0.25) is 5.95 Å². The molecule has 0 saturated carbocycles.